The molecular weight excluding hydrogens is 398 g/mol. The number of nitrogens with one attached hydrogen (secondary N) is 2. The fraction of sp³-hybridized carbons (Fsp3) is 0.185. The molecule has 5 nitrogen and oxygen atoms in total. The van der Waals surface area contributed by atoms with Crippen molar-refractivity contribution in [2.45, 2.75) is 33.7 Å². The van der Waals surface area contributed by atoms with Gasteiger partial charge in [0.1, 0.15) is 11.3 Å². The third-order valence-corrected chi connectivity index (χ3v) is 6.14. The van der Waals surface area contributed by atoms with Gasteiger partial charge in [0.05, 0.1) is 16.9 Å². The van der Waals surface area contributed by atoms with Crippen molar-refractivity contribution in [1.29, 1.82) is 0 Å². The molecule has 5 heteroatoms. The molecule has 2 N–H and O–H groups in total. The zero-order valence-corrected chi connectivity index (χ0v) is 18.6. The molecule has 0 saturated carbocycles. The van der Waals surface area contributed by atoms with E-state index < -0.39 is 0 Å². The molecule has 0 bridgehead atoms. The van der Waals surface area contributed by atoms with Crippen LogP contribution in [0.5, 0.6) is 0 Å². The Morgan fingerprint density at radius 3 is 2.69 bits per heavy atom. The Morgan fingerprint density at radius 1 is 1.06 bits per heavy atom. The lowest BCUT2D eigenvalue weighted by molar-refractivity contribution is 0.605. The Balaban J connectivity index is 1.66. The molecule has 0 fully saturated rings. The van der Waals surface area contributed by atoms with Crippen LogP contribution in [0.2, 0.25) is 0 Å². The number of benzene rings is 2. The van der Waals surface area contributed by atoms with Crippen LogP contribution < -0.4 is 10.7 Å². The van der Waals surface area contributed by atoms with Gasteiger partial charge in [0, 0.05) is 41.0 Å². The van der Waals surface area contributed by atoms with Crippen molar-refractivity contribution < 1.29 is 4.42 Å². The zero-order chi connectivity index (χ0) is 22.4. The van der Waals surface area contributed by atoms with Gasteiger partial charge in [-0.05, 0) is 74.5 Å². The Hall–Kier alpha value is -3.86. The molecule has 0 amide bonds. The first-order chi connectivity index (χ1) is 15.4. The van der Waals surface area contributed by atoms with Crippen molar-refractivity contribution in [1.82, 2.24) is 9.97 Å². The van der Waals surface area contributed by atoms with E-state index in [9.17, 15) is 4.79 Å². The first kappa shape index (κ1) is 20.1. The molecule has 32 heavy (non-hydrogen) atoms. The van der Waals surface area contributed by atoms with Crippen LogP contribution in [0, 0.1) is 20.8 Å². The number of aromatic amines is 1. The molecule has 0 unspecified atom stereocenters. The van der Waals surface area contributed by atoms with E-state index >= 15 is 0 Å². The molecule has 1 atom stereocenters. The molecule has 0 radical (unpaired) electrons. The zero-order valence-electron chi connectivity index (χ0n) is 18.6. The number of fused-ring (bicyclic) bond motifs is 2. The van der Waals surface area contributed by atoms with E-state index in [0.29, 0.717) is 22.3 Å². The maximum Gasteiger partial charge on any atom is 0.196 e. The normalized spacial score (nSPS) is 12.4. The van der Waals surface area contributed by atoms with Crippen LogP contribution in [-0.4, -0.2) is 9.97 Å². The molecule has 5 aromatic rings. The lowest BCUT2D eigenvalue weighted by atomic mass is 9.98. The monoisotopic (exact) mass is 423 g/mol. The largest absolute Gasteiger partial charge is 0.455 e. The second-order valence-corrected chi connectivity index (χ2v) is 8.40. The molecular formula is C27H25N3O2. The van der Waals surface area contributed by atoms with Crippen LogP contribution >= 0.6 is 0 Å². The van der Waals surface area contributed by atoms with E-state index in [1.165, 1.54) is 5.39 Å². The number of rotatable bonds is 4. The lowest BCUT2D eigenvalue weighted by Gasteiger charge is -2.20. The summed E-state index contributed by atoms with van der Waals surface area (Å²) in [6.45, 7) is 8.02. The molecule has 0 spiro atoms. The summed E-state index contributed by atoms with van der Waals surface area (Å²) in [6, 6.07) is 14.0. The fourth-order valence-corrected chi connectivity index (χ4v) is 4.41. The Morgan fingerprint density at radius 2 is 1.91 bits per heavy atom. The second kappa shape index (κ2) is 7.68. The molecule has 0 aliphatic heterocycles. The van der Waals surface area contributed by atoms with Crippen LogP contribution in [0.25, 0.3) is 33.2 Å². The molecule has 2 aromatic carbocycles. The summed E-state index contributed by atoms with van der Waals surface area (Å²) >= 11 is 0. The maximum atomic E-state index is 13.3. The van der Waals surface area contributed by atoms with Gasteiger partial charge in [0.25, 0.3) is 0 Å². The fourth-order valence-electron chi connectivity index (χ4n) is 4.41. The number of aryl methyl sites for hydroxylation is 2. The van der Waals surface area contributed by atoms with Crippen LogP contribution in [0.1, 0.15) is 35.2 Å². The summed E-state index contributed by atoms with van der Waals surface area (Å²) in [6.07, 6.45) is 5.39. The maximum absolute atomic E-state index is 13.3. The van der Waals surface area contributed by atoms with E-state index in [1.807, 2.05) is 38.2 Å². The van der Waals surface area contributed by atoms with Gasteiger partial charge in [-0.3, -0.25) is 9.78 Å². The lowest BCUT2D eigenvalue weighted by Crippen LogP contribution is -2.13. The molecule has 3 heterocycles. The Kier molecular flexibility index (Phi) is 4.82. The van der Waals surface area contributed by atoms with E-state index in [-0.39, 0.29) is 11.5 Å². The van der Waals surface area contributed by atoms with Crippen molar-refractivity contribution in [2.24, 2.45) is 0 Å². The van der Waals surface area contributed by atoms with Crippen LogP contribution in [-0.2, 0) is 0 Å². The summed E-state index contributed by atoms with van der Waals surface area (Å²) in [4.78, 5) is 20.8. The highest BCUT2D eigenvalue weighted by Crippen LogP contribution is 2.33. The third kappa shape index (κ3) is 3.26. The minimum Gasteiger partial charge on any atom is -0.455 e. The summed E-state index contributed by atoms with van der Waals surface area (Å²) in [5.74, 6) is 0.567. The third-order valence-electron chi connectivity index (χ3n) is 6.14. The number of hydrogen-bond donors (Lipinski definition) is 2. The summed E-state index contributed by atoms with van der Waals surface area (Å²) in [7, 11) is 0. The average molecular weight is 424 g/mol. The first-order valence-corrected chi connectivity index (χ1v) is 10.8. The van der Waals surface area contributed by atoms with Gasteiger partial charge >= 0.3 is 0 Å². The average Bonchev–Trinajstić information content (AvgIpc) is 3.28. The van der Waals surface area contributed by atoms with Gasteiger partial charge in [-0.2, -0.15) is 0 Å². The molecule has 0 aliphatic rings. The van der Waals surface area contributed by atoms with E-state index in [0.717, 1.165) is 33.5 Å². The molecule has 160 valence electrons. The minimum atomic E-state index is -0.0730. The highest BCUT2D eigenvalue weighted by atomic mass is 16.3. The highest BCUT2D eigenvalue weighted by molar-refractivity contribution is 5.88. The van der Waals surface area contributed by atoms with Crippen molar-refractivity contribution in [3.8, 4) is 11.3 Å². The number of hydrogen-bond acceptors (Lipinski definition) is 4. The number of H-pyrrole nitrogens is 1. The van der Waals surface area contributed by atoms with Gasteiger partial charge in [-0.1, -0.05) is 12.1 Å². The second-order valence-electron chi connectivity index (χ2n) is 8.40. The first-order valence-electron chi connectivity index (χ1n) is 10.8. The van der Waals surface area contributed by atoms with E-state index in [4.69, 9.17) is 4.42 Å². The van der Waals surface area contributed by atoms with Crippen molar-refractivity contribution in [3.05, 3.63) is 93.5 Å². The molecule has 0 aliphatic carbocycles. The van der Waals surface area contributed by atoms with Crippen LogP contribution in [0.15, 0.2) is 70.3 Å². The topological polar surface area (TPSA) is 70.9 Å². The van der Waals surface area contributed by atoms with Crippen molar-refractivity contribution in [3.63, 3.8) is 0 Å². The summed E-state index contributed by atoms with van der Waals surface area (Å²) in [5.41, 5.74) is 7.30. The van der Waals surface area contributed by atoms with Gasteiger partial charge in [-0.25, -0.2) is 0 Å². The standard InChI is InChI=1S/C27H25N3O2/c1-15-12-21(18(4)30-23-8-7-19-9-11-29-24(19)16(23)2)27-22(13-15)25(31)17(3)26(32-27)20-6-5-10-28-14-20/h5-14,18,29-30H,1-4H3/t18-/m1/s1. The van der Waals surface area contributed by atoms with Gasteiger partial charge in [0.2, 0.25) is 0 Å². The minimum absolute atomic E-state index is 0.00811. The van der Waals surface area contributed by atoms with Crippen molar-refractivity contribution in [2.75, 3.05) is 5.32 Å². The summed E-state index contributed by atoms with van der Waals surface area (Å²) < 4.78 is 6.41. The summed E-state index contributed by atoms with van der Waals surface area (Å²) in [5, 5.41) is 5.42. The predicted octanol–water partition coefficient (Wildman–Crippen LogP) is 6.43. The number of anilines is 1. The van der Waals surface area contributed by atoms with Gasteiger partial charge in [-0.15, -0.1) is 0 Å². The SMILES string of the molecule is Cc1cc([C@@H](C)Nc2ccc3cc[nH]c3c2C)c2oc(-c3cccnc3)c(C)c(=O)c2c1. The molecule has 3 aromatic heterocycles. The molecule has 5 rings (SSSR count). The van der Waals surface area contributed by atoms with Gasteiger partial charge < -0.3 is 14.7 Å². The number of nitrogens with zero attached hydrogens (tertiary/aromatic N) is 1. The number of pyridine rings is 1. The van der Waals surface area contributed by atoms with Gasteiger partial charge in [0.15, 0.2) is 5.43 Å². The number of aromatic nitrogens is 2. The highest BCUT2D eigenvalue weighted by Gasteiger charge is 2.19. The van der Waals surface area contributed by atoms with E-state index in [2.05, 4.69) is 53.4 Å². The smallest absolute Gasteiger partial charge is 0.196 e. The molecule has 0 saturated heterocycles. The Labute approximate surface area is 186 Å². The quantitative estimate of drug-likeness (QED) is 0.349. The van der Waals surface area contributed by atoms with Crippen LogP contribution in [0.4, 0.5) is 5.69 Å². The Bertz CT molecular complexity index is 1510. The van der Waals surface area contributed by atoms with Crippen molar-refractivity contribution >= 4 is 27.6 Å². The predicted molar refractivity (Wildman–Crippen MR) is 130 cm³/mol. The van der Waals surface area contributed by atoms with Crippen LogP contribution in [0.3, 0.4) is 0 Å². The van der Waals surface area contributed by atoms with E-state index in [1.54, 1.807) is 12.4 Å².